The summed E-state index contributed by atoms with van der Waals surface area (Å²) in [6.07, 6.45) is 3.30. The summed E-state index contributed by atoms with van der Waals surface area (Å²) in [5, 5.41) is 0.919. The van der Waals surface area contributed by atoms with Gasteiger partial charge in [0.2, 0.25) is 0 Å². The molecule has 2 fully saturated rings. The summed E-state index contributed by atoms with van der Waals surface area (Å²) < 4.78 is 12.0. The third-order valence-electron chi connectivity index (χ3n) is 3.33. The van der Waals surface area contributed by atoms with E-state index < -0.39 is 0 Å². The van der Waals surface area contributed by atoms with Crippen molar-refractivity contribution in [2.24, 2.45) is 0 Å². The smallest absolute Gasteiger partial charge is 0.0951 e. The van der Waals surface area contributed by atoms with Gasteiger partial charge in [-0.15, -0.1) is 0 Å². The van der Waals surface area contributed by atoms with Crippen LogP contribution in [0.3, 0.4) is 0 Å². The number of rotatable bonds is 1. The Labute approximate surface area is 94.5 Å². The van der Waals surface area contributed by atoms with E-state index in [9.17, 15) is 0 Å². The van der Waals surface area contributed by atoms with Crippen molar-refractivity contribution in [2.45, 2.75) is 56.8 Å². The van der Waals surface area contributed by atoms with Gasteiger partial charge in [-0.1, -0.05) is 15.9 Å². The van der Waals surface area contributed by atoms with Gasteiger partial charge >= 0.3 is 0 Å². The molecule has 3 heteroatoms. The molecular formula is C11H19BrO2. The van der Waals surface area contributed by atoms with Crippen LogP contribution in [-0.4, -0.2) is 28.7 Å². The van der Waals surface area contributed by atoms with Crippen LogP contribution < -0.4 is 0 Å². The number of hydrogen-bond acceptors (Lipinski definition) is 2. The first-order valence-corrected chi connectivity index (χ1v) is 6.41. The monoisotopic (exact) mass is 262 g/mol. The zero-order valence-electron chi connectivity index (χ0n) is 9.23. The van der Waals surface area contributed by atoms with E-state index >= 15 is 0 Å². The normalized spacial score (nSPS) is 46.3. The largest absolute Gasteiger partial charge is 0.372 e. The van der Waals surface area contributed by atoms with Gasteiger partial charge in [0.25, 0.3) is 0 Å². The summed E-state index contributed by atoms with van der Waals surface area (Å²) in [7, 11) is 0. The van der Waals surface area contributed by atoms with Crippen LogP contribution in [0.25, 0.3) is 0 Å². The lowest BCUT2D eigenvalue weighted by Crippen LogP contribution is -2.36. The minimum Gasteiger partial charge on any atom is -0.372 e. The predicted octanol–water partition coefficient (Wildman–Crippen LogP) is 2.89. The Morgan fingerprint density at radius 2 is 1.93 bits per heavy atom. The van der Waals surface area contributed by atoms with Gasteiger partial charge in [0, 0.05) is 11.8 Å². The molecule has 2 heterocycles. The number of alkyl halides is 1. The van der Waals surface area contributed by atoms with Gasteiger partial charge in [-0.3, -0.25) is 0 Å². The van der Waals surface area contributed by atoms with Crippen molar-refractivity contribution in [1.82, 2.24) is 0 Å². The molecule has 2 saturated heterocycles. The van der Waals surface area contributed by atoms with Crippen LogP contribution in [-0.2, 0) is 9.47 Å². The third-order valence-corrected chi connectivity index (χ3v) is 4.52. The molecule has 14 heavy (non-hydrogen) atoms. The molecule has 2 rings (SSSR count). The molecule has 1 spiro atoms. The molecule has 0 amide bonds. The lowest BCUT2D eigenvalue weighted by molar-refractivity contribution is -0.0838. The van der Waals surface area contributed by atoms with Crippen molar-refractivity contribution in [3.63, 3.8) is 0 Å². The number of ether oxygens (including phenoxy) is 2. The molecule has 2 aliphatic heterocycles. The van der Waals surface area contributed by atoms with Gasteiger partial charge in [0.15, 0.2) is 0 Å². The average Bonchev–Trinajstić information content (AvgIpc) is 2.56. The first-order valence-electron chi connectivity index (χ1n) is 5.29. The van der Waals surface area contributed by atoms with Crippen LogP contribution >= 0.6 is 15.9 Å². The van der Waals surface area contributed by atoms with Crippen LogP contribution in [0, 0.1) is 0 Å². The van der Waals surface area contributed by atoms with E-state index in [0.29, 0.717) is 0 Å². The molecule has 0 radical (unpaired) electrons. The maximum absolute atomic E-state index is 6.21. The Morgan fingerprint density at radius 3 is 2.36 bits per heavy atom. The second kappa shape index (κ2) is 3.19. The van der Waals surface area contributed by atoms with Crippen molar-refractivity contribution in [2.75, 3.05) is 11.9 Å². The first kappa shape index (κ1) is 10.9. The molecule has 0 saturated carbocycles. The lowest BCUT2D eigenvalue weighted by Gasteiger charge is -2.28. The highest BCUT2D eigenvalue weighted by Gasteiger charge is 2.53. The van der Waals surface area contributed by atoms with Crippen molar-refractivity contribution < 1.29 is 9.47 Å². The fourth-order valence-corrected chi connectivity index (χ4v) is 3.04. The maximum atomic E-state index is 6.21. The van der Waals surface area contributed by atoms with Crippen molar-refractivity contribution in [3.05, 3.63) is 0 Å². The van der Waals surface area contributed by atoms with Crippen LogP contribution in [0.15, 0.2) is 0 Å². The molecule has 0 bridgehead atoms. The van der Waals surface area contributed by atoms with Crippen LogP contribution in [0.1, 0.15) is 40.0 Å². The maximum Gasteiger partial charge on any atom is 0.0951 e. The molecule has 0 aromatic rings. The molecule has 2 atom stereocenters. The highest BCUT2D eigenvalue weighted by Crippen LogP contribution is 2.47. The Morgan fingerprint density at radius 1 is 1.21 bits per heavy atom. The SMILES string of the molecule is CC1(C)CC2(CCC(C)(CBr)O2)CO1. The number of halogens is 1. The Balaban J connectivity index is 2.08. The molecular weight excluding hydrogens is 244 g/mol. The zero-order chi connectivity index (χ0) is 10.4. The summed E-state index contributed by atoms with van der Waals surface area (Å²) in [6, 6.07) is 0. The van der Waals surface area contributed by atoms with E-state index in [2.05, 4.69) is 36.7 Å². The Kier molecular flexibility index (Phi) is 2.49. The minimum absolute atomic E-state index is 0.00242. The van der Waals surface area contributed by atoms with Gasteiger partial charge in [-0.25, -0.2) is 0 Å². The summed E-state index contributed by atoms with van der Waals surface area (Å²) in [6.45, 7) is 7.24. The van der Waals surface area contributed by atoms with Crippen LogP contribution in [0.2, 0.25) is 0 Å². The quantitative estimate of drug-likeness (QED) is 0.677. The molecule has 0 aromatic carbocycles. The molecule has 2 unspecified atom stereocenters. The summed E-state index contributed by atoms with van der Waals surface area (Å²) in [4.78, 5) is 0. The minimum atomic E-state index is -0.00242. The Bertz CT molecular complexity index is 241. The molecule has 2 aliphatic rings. The van der Waals surface area contributed by atoms with E-state index in [0.717, 1.165) is 31.2 Å². The Hall–Kier alpha value is 0.400. The first-order chi connectivity index (χ1) is 6.39. The van der Waals surface area contributed by atoms with E-state index in [1.54, 1.807) is 0 Å². The van der Waals surface area contributed by atoms with E-state index in [-0.39, 0.29) is 16.8 Å². The second-order valence-electron chi connectivity index (χ2n) is 5.59. The van der Waals surface area contributed by atoms with Gasteiger partial charge in [0.1, 0.15) is 0 Å². The molecule has 2 nitrogen and oxygen atoms in total. The average molecular weight is 263 g/mol. The van der Waals surface area contributed by atoms with E-state index in [4.69, 9.17) is 9.47 Å². The highest BCUT2D eigenvalue weighted by molar-refractivity contribution is 9.09. The predicted molar refractivity (Wildman–Crippen MR) is 59.9 cm³/mol. The van der Waals surface area contributed by atoms with E-state index in [1.165, 1.54) is 0 Å². The van der Waals surface area contributed by atoms with Gasteiger partial charge < -0.3 is 9.47 Å². The van der Waals surface area contributed by atoms with Crippen molar-refractivity contribution >= 4 is 15.9 Å². The van der Waals surface area contributed by atoms with Gasteiger partial charge in [-0.2, -0.15) is 0 Å². The van der Waals surface area contributed by atoms with Crippen LogP contribution in [0.4, 0.5) is 0 Å². The molecule has 0 N–H and O–H groups in total. The number of hydrogen-bond donors (Lipinski definition) is 0. The van der Waals surface area contributed by atoms with Crippen molar-refractivity contribution in [3.8, 4) is 0 Å². The second-order valence-corrected chi connectivity index (χ2v) is 6.15. The van der Waals surface area contributed by atoms with Crippen LogP contribution in [0.5, 0.6) is 0 Å². The fraction of sp³-hybridized carbons (Fsp3) is 1.00. The topological polar surface area (TPSA) is 18.5 Å². The lowest BCUT2D eigenvalue weighted by atomic mass is 9.90. The van der Waals surface area contributed by atoms with Crippen molar-refractivity contribution in [1.29, 1.82) is 0 Å². The standard InChI is InChI=1S/C11H19BrO2/c1-9(2)6-11(8-13-9)5-4-10(3,7-12)14-11/h4-8H2,1-3H3. The molecule has 0 aromatic heterocycles. The molecule has 82 valence electrons. The van der Waals surface area contributed by atoms with Gasteiger partial charge in [-0.05, 0) is 33.6 Å². The van der Waals surface area contributed by atoms with E-state index in [1.807, 2.05) is 0 Å². The fourth-order valence-electron chi connectivity index (χ4n) is 2.64. The third kappa shape index (κ3) is 1.86. The summed E-state index contributed by atoms with van der Waals surface area (Å²) in [5.74, 6) is 0. The summed E-state index contributed by atoms with van der Waals surface area (Å²) in [5.41, 5.74) is 0.0212. The molecule has 0 aliphatic carbocycles. The van der Waals surface area contributed by atoms with Gasteiger partial charge in [0.05, 0.1) is 23.4 Å². The zero-order valence-corrected chi connectivity index (χ0v) is 10.8. The summed E-state index contributed by atoms with van der Waals surface area (Å²) >= 11 is 3.53. The highest BCUT2D eigenvalue weighted by atomic mass is 79.9.